The molecule has 0 radical (unpaired) electrons. The molecule has 1 saturated heterocycles. The molecule has 0 aliphatic carbocycles. The van der Waals surface area contributed by atoms with Crippen molar-refractivity contribution in [1.82, 2.24) is 10.1 Å². The Morgan fingerprint density at radius 2 is 1.77 bits per heavy atom. The minimum Gasteiger partial charge on any atom is -0.496 e. The van der Waals surface area contributed by atoms with Crippen molar-refractivity contribution in [2.24, 2.45) is 0 Å². The van der Waals surface area contributed by atoms with Gasteiger partial charge in [-0.1, -0.05) is 28.9 Å². The lowest BCUT2D eigenvalue weighted by atomic mass is 10.0. The summed E-state index contributed by atoms with van der Waals surface area (Å²) >= 11 is 6.65. The van der Waals surface area contributed by atoms with Crippen LogP contribution in [-0.2, 0) is 6.61 Å². The van der Waals surface area contributed by atoms with E-state index in [0.717, 1.165) is 5.69 Å². The molecule has 10 nitrogen and oxygen atoms in total. The van der Waals surface area contributed by atoms with Crippen LogP contribution in [-0.4, -0.2) is 74.4 Å². The first-order chi connectivity index (χ1) is 20.7. The zero-order chi connectivity index (χ0) is 30.7. The van der Waals surface area contributed by atoms with Gasteiger partial charge < -0.3 is 34.4 Å². The summed E-state index contributed by atoms with van der Waals surface area (Å²) in [7, 11) is 5.44. The van der Waals surface area contributed by atoms with Crippen LogP contribution >= 0.6 is 11.6 Å². The SMILES string of the molecule is COc1ccccc1-c1noc(C)c1C(=O)N1CCN(c2cc(NC(=O)c3ccc(N(C)C)cc3)c(CO)cc2Cl)CC1. The summed E-state index contributed by atoms with van der Waals surface area (Å²) in [6, 6.07) is 18.1. The number of rotatable bonds is 8. The van der Waals surface area contributed by atoms with Gasteiger partial charge in [0.05, 0.1) is 24.4 Å². The van der Waals surface area contributed by atoms with Gasteiger partial charge in [0, 0.05) is 68.3 Å². The van der Waals surface area contributed by atoms with Gasteiger partial charge in [-0.15, -0.1) is 0 Å². The Morgan fingerprint density at radius 3 is 2.42 bits per heavy atom. The summed E-state index contributed by atoms with van der Waals surface area (Å²) in [5.74, 6) is 0.574. The number of aliphatic hydroxyl groups excluding tert-OH is 1. The number of hydrogen-bond acceptors (Lipinski definition) is 8. The first-order valence-electron chi connectivity index (χ1n) is 13.9. The second-order valence-corrected chi connectivity index (χ2v) is 10.9. The molecule has 1 fully saturated rings. The lowest BCUT2D eigenvalue weighted by molar-refractivity contribution is 0.0745. The third kappa shape index (κ3) is 6.16. The second kappa shape index (κ2) is 12.8. The van der Waals surface area contributed by atoms with Crippen LogP contribution in [0, 0.1) is 6.92 Å². The van der Waals surface area contributed by atoms with E-state index < -0.39 is 0 Å². The van der Waals surface area contributed by atoms with E-state index in [1.165, 1.54) is 0 Å². The fourth-order valence-electron chi connectivity index (χ4n) is 5.15. The van der Waals surface area contributed by atoms with E-state index >= 15 is 0 Å². The number of hydrogen-bond donors (Lipinski definition) is 2. The van der Waals surface area contributed by atoms with Crippen LogP contribution in [0.4, 0.5) is 17.1 Å². The standard InChI is InChI=1S/C32H34ClN5O5/c1-20-29(30(35-43-20)24-7-5-6-8-28(24)42-4)32(41)38-15-13-37(14-16-38)27-18-26(22(19-39)17-25(27)33)34-31(40)21-9-11-23(12-10-21)36(2)3/h5-12,17-18,39H,13-16,19H2,1-4H3,(H,34,40). The lowest BCUT2D eigenvalue weighted by Gasteiger charge is -2.36. The van der Waals surface area contributed by atoms with Crippen LogP contribution < -0.4 is 19.9 Å². The van der Waals surface area contributed by atoms with Gasteiger partial charge in [-0.2, -0.15) is 0 Å². The maximum atomic E-state index is 13.7. The lowest BCUT2D eigenvalue weighted by Crippen LogP contribution is -2.49. The van der Waals surface area contributed by atoms with Crippen LogP contribution in [0.25, 0.3) is 11.3 Å². The fraction of sp³-hybridized carbons (Fsp3) is 0.281. The van der Waals surface area contributed by atoms with Gasteiger partial charge >= 0.3 is 0 Å². The molecule has 0 bridgehead atoms. The predicted molar refractivity (Wildman–Crippen MR) is 167 cm³/mol. The molecule has 1 aliphatic rings. The number of ether oxygens (including phenoxy) is 1. The number of carbonyl (C=O) groups is 2. The number of aryl methyl sites for hydroxylation is 1. The Kier molecular flexibility index (Phi) is 8.89. The fourth-order valence-corrected chi connectivity index (χ4v) is 5.46. The Balaban J connectivity index is 1.32. The van der Waals surface area contributed by atoms with Gasteiger partial charge in [0.15, 0.2) is 0 Å². The van der Waals surface area contributed by atoms with E-state index in [-0.39, 0.29) is 18.4 Å². The molecule has 0 unspecified atom stereocenters. The van der Waals surface area contributed by atoms with Crippen LogP contribution in [0.1, 0.15) is 32.0 Å². The van der Waals surface area contributed by atoms with Crippen LogP contribution in [0.15, 0.2) is 65.2 Å². The van der Waals surface area contributed by atoms with Gasteiger partial charge in [-0.05, 0) is 55.5 Å². The average Bonchev–Trinajstić information content (AvgIpc) is 3.42. The average molecular weight is 604 g/mol. The number of anilines is 3. The highest BCUT2D eigenvalue weighted by atomic mass is 35.5. The number of aromatic nitrogens is 1. The number of methoxy groups -OCH3 is 1. The minimum atomic E-state index is -0.293. The van der Waals surface area contributed by atoms with Crippen molar-refractivity contribution in [1.29, 1.82) is 0 Å². The third-order valence-electron chi connectivity index (χ3n) is 7.58. The first kappa shape index (κ1) is 29.9. The molecule has 0 spiro atoms. The van der Waals surface area contributed by atoms with E-state index in [1.807, 2.05) is 55.4 Å². The molecule has 3 aromatic carbocycles. The number of halogens is 1. The molecule has 0 atom stereocenters. The van der Waals surface area contributed by atoms with Crippen molar-refractivity contribution in [3.8, 4) is 17.0 Å². The van der Waals surface area contributed by atoms with E-state index in [4.69, 9.17) is 20.9 Å². The predicted octanol–water partition coefficient (Wildman–Crippen LogP) is 5.09. The summed E-state index contributed by atoms with van der Waals surface area (Å²) in [6.07, 6.45) is 0. The Labute approximate surface area is 255 Å². The number of amides is 2. The zero-order valence-electron chi connectivity index (χ0n) is 24.6. The highest BCUT2D eigenvalue weighted by molar-refractivity contribution is 6.33. The van der Waals surface area contributed by atoms with Crippen LogP contribution in [0.3, 0.4) is 0 Å². The zero-order valence-corrected chi connectivity index (χ0v) is 25.3. The Bertz CT molecular complexity index is 1630. The van der Waals surface area contributed by atoms with E-state index in [2.05, 4.69) is 15.4 Å². The minimum absolute atomic E-state index is 0.172. The molecule has 2 N–H and O–H groups in total. The largest absolute Gasteiger partial charge is 0.496 e. The van der Waals surface area contributed by atoms with Crippen LogP contribution in [0.5, 0.6) is 5.75 Å². The molecule has 2 amide bonds. The first-order valence-corrected chi connectivity index (χ1v) is 14.3. The molecular formula is C32H34ClN5O5. The molecular weight excluding hydrogens is 570 g/mol. The monoisotopic (exact) mass is 603 g/mol. The highest BCUT2D eigenvalue weighted by Crippen LogP contribution is 2.35. The summed E-state index contributed by atoms with van der Waals surface area (Å²) in [5.41, 5.74) is 4.71. The summed E-state index contributed by atoms with van der Waals surface area (Å²) < 4.78 is 10.9. The normalized spacial score (nSPS) is 13.2. The van der Waals surface area contributed by atoms with Crippen LogP contribution in [0.2, 0.25) is 5.02 Å². The molecule has 43 heavy (non-hydrogen) atoms. The number of nitrogens with one attached hydrogen (secondary N) is 1. The molecule has 2 heterocycles. The molecule has 0 saturated carbocycles. The van der Waals surface area contributed by atoms with Crippen molar-refractivity contribution in [2.75, 3.05) is 62.5 Å². The van der Waals surface area contributed by atoms with Crippen molar-refractivity contribution >= 4 is 40.5 Å². The number of benzene rings is 3. The number of aliphatic hydroxyl groups is 1. The number of nitrogens with zero attached hydrogens (tertiary/aromatic N) is 4. The van der Waals surface area contributed by atoms with Crippen molar-refractivity contribution < 1.29 is 24.0 Å². The topological polar surface area (TPSA) is 111 Å². The molecule has 224 valence electrons. The number of para-hydroxylation sites is 1. The summed E-state index contributed by atoms with van der Waals surface area (Å²) in [5, 5.41) is 17.5. The van der Waals surface area contributed by atoms with Gasteiger partial charge in [0.25, 0.3) is 11.8 Å². The van der Waals surface area contributed by atoms with Gasteiger partial charge in [0.2, 0.25) is 0 Å². The molecule has 1 aromatic heterocycles. The van der Waals surface area contributed by atoms with E-state index in [1.54, 1.807) is 43.2 Å². The van der Waals surface area contributed by atoms with E-state index in [0.29, 0.717) is 82.0 Å². The van der Waals surface area contributed by atoms with E-state index in [9.17, 15) is 14.7 Å². The molecule has 11 heteroatoms. The molecule has 1 aliphatic heterocycles. The maximum Gasteiger partial charge on any atom is 0.259 e. The smallest absolute Gasteiger partial charge is 0.259 e. The Hall–Kier alpha value is -4.54. The van der Waals surface area contributed by atoms with Gasteiger partial charge in [0.1, 0.15) is 22.8 Å². The second-order valence-electron chi connectivity index (χ2n) is 10.5. The van der Waals surface area contributed by atoms with Crippen molar-refractivity contribution in [3.63, 3.8) is 0 Å². The van der Waals surface area contributed by atoms with Crippen molar-refractivity contribution in [2.45, 2.75) is 13.5 Å². The Morgan fingerprint density at radius 1 is 1.07 bits per heavy atom. The molecule has 4 aromatic rings. The summed E-state index contributed by atoms with van der Waals surface area (Å²) in [6.45, 7) is 3.34. The third-order valence-corrected chi connectivity index (χ3v) is 7.89. The maximum absolute atomic E-state index is 13.7. The number of carbonyl (C=O) groups excluding carboxylic acids is 2. The van der Waals surface area contributed by atoms with Gasteiger partial charge in [-0.25, -0.2) is 0 Å². The van der Waals surface area contributed by atoms with Crippen molar-refractivity contribution in [3.05, 3.63) is 88.1 Å². The summed E-state index contributed by atoms with van der Waals surface area (Å²) in [4.78, 5) is 32.5. The highest BCUT2D eigenvalue weighted by Gasteiger charge is 2.30. The number of piperazine rings is 1. The quantitative estimate of drug-likeness (QED) is 0.287. The molecule has 5 rings (SSSR count). The van der Waals surface area contributed by atoms with Gasteiger partial charge in [-0.3, -0.25) is 9.59 Å².